The molecular formula is C23H25N3O3S. The van der Waals surface area contributed by atoms with Gasteiger partial charge in [-0.3, -0.25) is 19.8 Å². The third-order valence-electron chi connectivity index (χ3n) is 5.72. The molecule has 0 saturated carbocycles. The van der Waals surface area contributed by atoms with Gasteiger partial charge >= 0.3 is 0 Å². The molecule has 2 aliphatic rings. The number of benzene rings is 1. The van der Waals surface area contributed by atoms with Crippen LogP contribution in [-0.2, 0) is 20.9 Å². The average Bonchev–Trinajstić information content (AvgIpc) is 3.30. The summed E-state index contributed by atoms with van der Waals surface area (Å²) in [7, 11) is 0. The maximum Gasteiger partial charge on any atom is 0.270 e. The van der Waals surface area contributed by atoms with Crippen molar-refractivity contribution in [3.05, 3.63) is 58.4 Å². The van der Waals surface area contributed by atoms with E-state index in [2.05, 4.69) is 9.88 Å². The summed E-state index contributed by atoms with van der Waals surface area (Å²) in [6, 6.07) is 9.46. The molecule has 4 rings (SSSR count). The molecule has 7 heteroatoms. The van der Waals surface area contributed by atoms with Gasteiger partial charge in [0.25, 0.3) is 11.8 Å². The fourth-order valence-corrected chi connectivity index (χ4v) is 4.27. The Labute approximate surface area is 181 Å². The molecule has 0 bridgehead atoms. The van der Waals surface area contributed by atoms with Gasteiger partial charge in [-0.25, -0.2) is 0 Å². The van der Waals surface area contributed by atoms with E-state index in [0.717, 1.165) is 48.5 Å². The van der Waals surface area contributed by atoms with Gasteiger partial charge in [0, 0.05) is 24.5 Å². The number of amides is 2. The van der Waals surface area contributed by atoms with Gasteiger partial charge in [0.2, 0.25) is 0 Å². The molecule has 156 valence electrons. The average molecular weight is 424 g/mol. The number of aryl methyl sites for hydroxylation is 2. The van der Waals surface area contributed by atoms with Gasteiger partial charge in [-0.15, -0.1) is 0 Å². The number of hydrogen-bond donors (Lipinski definition) is 1. The monoisotopic (exact) mass is 423 g/mol. The standard InChI is InChI=1S/C23H25N3O3S/c1-14-6-8-18(9-7-14)26-22(28)20(21(27)24-23(26)30)12-17-11-15(2)25(16(17)3)13-19-5-4-10-29-19/h6-9,11-12,19H,4-5,10,13H2,1-3H3,(H,24,27,30)/b20-12+/t19-/m0/s1. The molecule has 1 aromatic heterocycles. The second-order valence-electron chi connectivity index (χ2n) is 7.87. The van der Waals surface area contributed by atoms with Crippen LogP contribution < -0.4 is 10.2 Å². The van der Waals surface area contributed by atoms with Crippen LogP contribution in [0.2, 0.25) is 0 Å². The van der Waals surface area contributed by atoms with E-state index in [0.29, 0.717) is 5.69 Å². The minimum atomic E-state index is -0.475. The Morgan fingerprint density at radius 2 is 1.93 bits per heavy atom. The number of ether oxygens (including phenoxy) is 1. The first-order valence-electron chi connectivity index (χ1n) is 10.1. The van der Waals surface area contributed by atoms with Gasteiger partial charge in [-0.2, -0.15) is 0 Å². The van der Waals surface area contributed by atoms with Crippen LogP contribution in [0.3, 0.4) is 0 Å². The highest BCUT2D eigenvalue weighted by atomic mass is 32.1. The molecule has 1 N–H and O–H groups in total. The summed E-state index contributed by atoms with van der Waals surface area (Å²) in [4.78, 5) is 27.2. The zero-order valence-corrected chi connectivity index (χ0v) is 18.2. The van der Waals surface area contributed by atoms with E-state index in [1.54, 1.807) is 6.08 Å². The summed E-state index contributed by atoms with van der Waals surface area (Å²) in [6.45, 7) is 7.59. The molecule has 2 saturated heterocycles. The zero-order valence-electron chi connectivity index (χ0n) is 17.4. The van der Waals surface area contributed by atoms with Crippen LogP contribution in [0.15, 0.2) is 35.9 Å². The molecule has 0 spiro atoms. The minimum absolute atomic E-state index is 0.0709. The van der Waals surface area contributed by atoms with E-state index in [-0.39, 0.29) is 16.8 Å². The molecule has 2 aromatic rings. The summed E-state index contributed by atoms with van der Waals surface area (Å²) in [5.74, 6) is -0.895. The quantitative estimate of drug-likeness (QED) is 0.465. The molecule has 30 heavy (non-hydrogen) atoms. The molecular weight excluding hydrogens is 398 g/mol. The van der Waals surface area contributed by atoms with Gasteiger partial charge in [0.1, 0.15) is 5.57 Å². The van der Waals surface area contributed by atoms with Gasteiger partial charge in [-0.1, -0.05) is 17.7 Å². The number of aromatic nitrogens is 1. The number of anilines is 1. The van der Waals surface area contributed by atoms with Crippen LogP contribution in [0.25, 0.3) is 6.08 Å². The lowest BCUT2D eigenvalue weighted by atomic mass is 10.1. The van der Waals surface area contributed by atoms with Crippen molar-refractivity contribution in [2.45, 2.75) is 46.3 Å². The topological polar surface area (TPSA) is 63.6 Å². The lowest BCUT2D eigenvalue weighted by Gasteiger charge is -2.29. The Morgan fingerprint density at radius 1 is 1.20 bits per heavy atom. The third kappa shape index (κ3) is 3.82. The summed E-state index contributed by atoms with van der Waals surface area (Å²) >= 11 is 5.27. The first-order valence-corrected chi connectivity index (χ1v) is 10.5. The summed E-state index contributed by atoms with van der Waals surface area (Å²) in [6.07, 6.45) is 4.01. The highest BCUT2D eigenvalue weighted by molar-refractivity contribution is 7.80. The van der Waals surface area contributed by atoms with E-state index in [4.69, 9.17) is 17.0 Å². The predicted octanol–water partition coefficient (Wildman–Crippen LogP) is 3.42. The van der Waals surface area contributed by atoms with Crippen molar-refractivity contribution in [3.63, 3.8) is 0 Å². The molecule has 6 nitrogen and oxygen atoms in total. The van der Waals surface area contributed by atoms with Gasteiger partial charge < -0.3 is 9.30 Å². The Morgan fingerprint density at radius 3 is 2.60 bits per heavy atom. The van der Waals surface area contributed by atoms with E-state index < -0.39 is 11.8 Å². The smallest absolute Gasteiger partial charge is 0.270 e. The lowest BCUT2D eigenvalue weighted by molar-refractivity contribution is -0.122. The normalized spacial score (nSPS) is 20.9. The van der Waals surface area contributed by atoms with Crippen LogP contribution in [0.1, 0.15) is 35.4 Å². The SMILES string of the molecule is Cc1ccc(N2C(=O)/C(=C/c3cc(C)n(C[C@@H]4CCCO4)c3C)C(=O)NC2=S)cc1. The molecule has 2 fully saturated rings. The van der Waals surface area contributed by atoms with E-state index in [1.165, 1.54) is 4.90 Å². The Balaban J connectivity index is 1.66. The summed E-state index contributed by atoms with van der Waals surface area (Å²) < 4.78 is 7.96. The molecule has 2 amide bonds. The Hall–Kier alpha value is -2.77. The van der Waals surface area contributed by atoms with Crippen molar-refractivity contribution in [2.75, 3.05) is 11.5 Å². The maximum absolute atomic E-state index is 13.2. The van der Waals surface area contributed by atoms with Crippen molar-refractivity contribution < 1.29 is 14.3 Å². The van der Waals surface area contributed by atoms with Crippen molar-refractivity contribution in [1.29, 1.82) is 0 Å². The Bertz CT molecular complexity index is 1050. The van der Waals surface area contributed by atoms with Crippen LogP contribution in [0.4, 0.5) is 5.69 Å². The Kier molecular flexibility index (Phi) is 5.58. The molecule has 1 atom stereocenters. The van der Waals surface area contributed by atoms with Crippen LogP contribution in [0.5, 0.6) is 0 Å². The highest BCUT2D eigenvalue weighted by Gasteiger charge is 2.34. The number of rotatable bonds is 4. The molecule has 1 aromatic carbocycles. The van der Waals surface area contributed by atoms with Crippen LogP contribution >= 0.6 is 12.2 Å². The first kappa shape index (κ1) is 20.5. The first-order chi connectivity index (χ1) is 14.3. The van der Waals surface area contributed by atoms with Gasteiger partial charge in [0.05, 0.1) is 11.8 Å². The second-order valence-corrected chi connectivity index (χ2v) is 8.25. The van der Waals surface area contributed by atoms with Crippen molar-refractivity contribution in [2.24, 2.45) is 0 Å². The predicted molar refractivity (Wildman–Crippen MR) is 120 cm³/mol. The van der Waals surface area contributed by atoms with Crippen LogP contribution in [-0.4, -0.2) is 34.2 Å². The number of nitrogens with one attached hydrogen (secondary N) is 1. The van der Waals surface area contributed by atoms with E-state index >= 15 is 0 Å². The summed E-state index contributed by atoms with van der Waals surface area (Å²) in [5, 5.41) is 2.74. The fraction of sp³-hybridized carbons (Fsp3) is 0.348. The zero-order chi connectivity index (χ0) is 21.4. The van der Waals surface area contributed by atoms with Crippen molar-refractivity contribution in [3.8, 4) is 0 Å². The van der Waals surface area contributed by atoms with Crippen molar-refractivity contribution >= 4 is 40.9 Å². The summed E-state index contributed by atoms with van der Waals surface area (Å²) in [5.41, 5.74) is 4.70. The number of hydrogen-bond acceptors (Lipinski definition) is 4. The largest absolute Gasteiger partial charge is 0.376 e. The number of carbonyl (C=O) groups excluding carboxylic acids is 2. The lowest BCUT2D eigenvalue weighted by Crippen LogP contribution is -2.54. The van der Waals surface area contributed by atoms with E-state index in [1.807, 2.05) is 51.1 Å². The molecule has 0 aliphatic carbocycles. The maximum atomic E-state index is 13.2. The number of carbonyl (C=O) groups is 2. The second kappa shape index (κ2) is 8.16. The highest BCUT2D eigenvalue weighted by Crippen LogP contribution is 2.25. The third-order valence-corrected chi connectivity index (χ3v) is 6.00. The van der Waals surface area contributed by atoms with Crippen LogP contribution in [0, 0.1) is 20.8 Å². The van der Waals surface area contributed by atoms with Crippen molar-refractivity contribution in [1.82, 2.24) is 9.88 Å². The van der Waals surface area contributed by atoms with Gasteiger partial charge in [-0.05, 0) is 75.7 Å². The fourth-order valence-electron chi connectivity index (χ4n) is 3.99. The molecule has 0 radical (unpaired) electrons. The van der Waals surface area contributed by atoms with E-state index in [9.17, 15) is 9.59 Å². The minimum Gasteiger partial charge on any atom is -0.376 e. The molecule has 3 heterocycles. The molecule has 2 aliphatic heterocycles. The number of thiocarbonyl (C=S) groups is 1. The number of nitrogens with zero attached hydrogens (tertiary/aromatic N) is 2. The molecule has 0 unspecified atom stereocenters. The van der Waals surface area contributed by atoms with Gasteiger partial charge in [0.15, 0.2) is 5.11 Å².